The van der Waals surface area contributed by atoms with Gasteiger partial charge in [0.05, 0.1) is 0 Å². The maximum Gasteiger partial charge on any atom is 0.245 e. The SMILES string of the molecule is CC(N(C)S(=O)(=O)c1cccnc1C#N)C(C)(C)C. The highest BCUT2D eigenvalue weighted by molar-refractivity contribution is 7.89. The molecule has 1 unspecified atom stereocenters. The van der Waals surface area contributed by atoms with E-state index in [0.717, 1.165) is 0 Å². The molecule has 0 fully saturated rings. The lowest BCUT2D eigenvalue weighted by atomic mass is 9.88. The topological polar surface area (TPSA) is 74.1 Å². The van der Waals surface area contributed by atoms with Crippen molar-refractivity contribution in [1.29, 1.82) is 5.26 Å². The second-order valence-electron chi connectivity index (χ2n) is 5.53. The molecule has 1 aromatic rings. The van der Waals surface area contributed by atoms with Gasteiger partial charge in [-0.2, -0.15) is 9.57 Å². The van der Waals surface area contributed by atoms with Gasteiger partial charge in [-0.05, 0) is 24.5 Å². The van der Waals surface area contributed by atoms with Crippen molar-refractivity contribution in [1.82, 2.24) is 9.29 Å². The van der Waals surface area contributed by atoms with Crippen molar-refractivity contribution in [3.05, 3.63) is 24.0 Å². The Balaban J connectivity index is 3.30. The first-order valence-electron chi connectivity index (χ1n) is 5.95. The lowest BCUT2D eigenvalue weighted by molar-refractivity contribution is 0.216. The van der Waals surface area contributed by atoms with E-state index in [1.54, 1.807) is 0 Å². The first-order valence-corrected chi connectivity index (χ1v) is 7.39. The zero-order valence-corrected chi connectivity index (χ0v) is 12.7. The van der Waals surface area contributed by atoms with Crippen LogP contribution >= 0.6 is 0 Å². The van der Waals surface area contributed by atoms with E-state index in [-0.39, 0.29) is 22.0 Å². The van der Waals surface area contributed by atoms with Crippen LogP contribution in [-0.2, 0) is 10.0 Å². The molecule has 0 amide bonds. The van der Waals surface area contributed by atoms with Crippen LogP contribution in [0.15, 0.2) is 23.2 Å². The standard InChI is InChI=1S/C13H19N3O2S/c1-10(13(2,3)4)16(5)19(17,18)12-7-6-8-15-11(12)9-14/h6-8,10H,1-5H3. The molecule has 0 spiro atoms. The molecule has 0 bridgehead atoms. The third kappa shape index (κ3) is 3.11. The molecule has 0 aromatic carbocycles. The average molecular weight is 281 g/mol. The van der Waals surface area contributed by atoms with Crippen molar-refractivity contribution in [2.75, 3.05) is 7.05 Å². The largest absolute Gasteiger partial charge is 0.245 e. The monoisotopic (exact) mass is 281 g/mol. The van der Waals surface area contributed by atoms with E-state index in [2.05, 4.69) is 4.98 Å². The number of aromatic nitrogens is 1. The molecule has 1 heterocycles. The minimum absolute atomic E-state index is 0.0453. The third-order valence-electron chi connectivity index (χ3n) is 3.33. The summed E-state index contributed by atoms with van der Waals surface area (Å²) in [7, 11) is -2.19. The van der Waals surface area contributed by atoms with Crippen LogP contribution in [0.5, 0.6) is 0 Å². The highest BCUT2D eigenvalue weighted by Gasteiger charge is 2.33. The molecule has 0 aliphatic heterocycles. The fraction of sp³-hybridized carbons (Fsp3) is 0.538. The van der Waals surface area contributed by atoms with Crippen LogP contribution in [-0.4, -0.2) is 30.8 Å². The normalized spacial score (nSPS) is 14.2. The molecular formula is C13H19N3O2S. The lowest BCUT2D eigenvalue weighted by Crippen LogP contribution is -2.43. The number of rotatable bonds is 3. The zero-order valence-electron chi connectivity index (χ0n) is 11.9. The van der Waals surface area contributed by atoms with Gasteiger partial charge in [-0.3, -0.25) is 0 Å². The summed E-state index contributed by atoms with van der Waals surface area (Å²) in [6.45, 7) is 7.76. The van der Waals surface area contributed by atoms with Gasteiger partial charge in [0.15, 0.2) is 5.69 Å². The lowest BCUT2D eigenvalue weighted by Gasteiger charge is -2.34. The highest BCUT2D eigenvalue weighted by Crippen LogP contribution is 2.28. The second kappa shape index (κ2) is 5.27. The minimum atomic E-state index is -3.72. The van der Waals surface area contributed by atoms with E-state index in [9.17, 15) is 8.42 Å². The van der Waals surface area contributed by atoms with Gasteiger partial charge < -0.3 is 0 Å². The van der Waals surface area contributed by atoms with Crippen molar-refractivity contribution in [2.24, 2.45) is 5.41 Å². The van der Waals surface area contributed by atoms with Crippen molar-refractivity contribution >= 4 is 10.0 Å². The predicted molar refractivity (Wildman–Crippen MR) is 72.8 cm³/mol. The Bertz CT molecular complexity index is 597. The van der Waals surface area contributed by atoms with Gasteiger partial charge in [0, 0.05) is 19.3 Å². The molecule has 0 N–H and O–H groups in total. The molecule has 1 atom stereocenters. The van der Waals surface area contributed by atoms with E-state index in [0.29, 0.717) is 0 Å². The predicted octanol–water partition coefficient (Wildman–Crippen LogP) is 2.01. The van der Waals surface area contributed by atoms with Crippen LogP contribution in [0.3, 0.4) is 0 Å². The molecule has 1 rings (SSSR count). The van der Waals surface area contributed by atoms with E-state index in [4.69, 9.17) is 5.26 Å². The van der Waals surface area contributed by atoms with E-state index in [1.807, 2.05) is 33.8 Å². The smallest absolute Gasteiger partial charge is 0.244 e. The van der Waals surface area contributed by atoms with Crippen LogP contribution < -0.4 is 0 Å². The van der Waals surface area contributed by atoms with E-state index in [1.165, 1.54) is 29.7 Å². The summed E-state index contributed by atoms with van der Waals surface area (Å²) in [6.07, 6.45) is 1.41. The van der Waals surface area contributed by atoms with Gasteiger partial charge in [-0.1, -0.05) is 20.8 Å². The Morgan fingerprint density at radius 3 is 2.47 bits per heavy atom. The number of pyridine rings is 1. The van der Waals surface area contributed by atoms with Crippen molar-refractivity contribution in [3.63, 3.8) is 0 Å². The van der Waals surface area contributed by atoms with Crippen LogP contribution in [0.1, 0.15) is 33.4 Å². The Morgan fingerprint density at radius 2 is 2.00 bits per heavy atom. The van der Waals surface area contributed by atoms with Gasteiger partial charge in [0.2, 0.25) is 10.0 Å². The first kappa shape index (κ1) is 15.6. The van der Waals surface area contributed by atoms with Gasteiger partial charge in [-0.15, -0.1) is 0 Å². The summed E-state index contributed by atoms with van der Waals surface area (Å²) < 4.78 is 26.4. The number of nitriles is 1. The molecule has 6 heteroatoms. The molecule has 1 aromatic heterocycles. The van der Waals surface area contributed by atoms with Gasteiger partial charge in [-0.25, -0.2) is 13.4 Å². The van der Waals surface area contributed by atoms with Crippen LogP contribution in [0, 0.1) is 16.7 Å². The molecule has 0 aliphatic carbocycles. The van der Waals surface area contributed by atoms with E-state index < -0.39 is 10.0 Å². The summed E-state index contributed by atoms with van der Waals surface area (Å²) in [4.78, 5) is 3.76. The third-order valence-corrected chi connectivity index (χ3v) is 5.29. The van der Waals surface area contributed by atoms with Gasteiger partial charge in [0.25, 0.3) is 0 Å². The molecule has 0 radical (unpaired) electrons. The number of hydrogen-bond acceptors (Lipinski definition) is 4. The Hall–Kier alpha value is -1.45. The number of sulfonamides is 1. The average Bonchev–Trinajstić information content (AvgIpc) is 2.35. The van der Waals surface area contributed by atoms with Crippen LogP contribution in [0.25, 0.3) is 0 Å². The van der Waals surface area contributed by atoms with Crippen molar-refractivity contribution in [2.45, 2.75) is 38.6 Å². The molecule has 0 saturated carbocycles. The Labute approximate surface area is 114 Å². The fourth-order valence-corrected chi connectivity index (χ4v) is 3.23. The van der Waals surface area contributed by atoms with Gasteiger partial charge >= 0.3 is 0 Å². The summed E-state index contributed by atoms with van der Waals surface area (Å²) in [5, 5.41) is 8.97. The van der Waals surface area contributed by atoms with Crippen molar-refractivity contribution in [3.8, 4) is 6.07 Å². The van der Waals surface area contributed by atoms with Crippen LogP contribution in [0.2, 0.25) is 0 Å². The maximum absolute atomic E-state index is 12.5. The number of hydrogen-bond donors (Lipinski definition) is 0. The summed E-state index contributed by atoms with van der Waals surface area (Å²) in [5.74, 6) is 0. The first-order chi connectivity index (χ1) is 8.62. The summed E-state index contributed by atoms with van der Waals surface area (Å²) in [6, 6.07) is 4.54. The quantitative estimate of drug-likeness (QED) is 0.849. The van der Waals surface area contributed by atoms with Gasteiger partial charge in [0.1, 0.15) is 11.0 Å². The molecular weight excluding hydrogens is 262 g/mol. The maximum atomic E-state index is 12.5. The number of nitrogens with zero attached hydrogens (tertiary/aromatic N) is 3. The summed E-state index contributed by atoms with van der Waals surface area (Å²) in [5.41, 5.74) is -0.271. The zero-order chi connectivity index (χ0) is 14.8. The van der Waals surface area contributed by atoms with E-state index >= 15 is 0 Å². The fourth-order valence-electron chi connectivity index (χ4n) is 1.59. The molecule has 5 nitrogen and oxygen atoms in total. The Morgan fingerprint density at radius 1 is 1.42 bits per heavy atom. The Kier molecular flexibility index (Phi) is 4.33. The highest BCUT2D eigenvalue weighted by atomic mass is 32.2. The van der Waals surface area contributed by atoms with Crippen LogP contribution in [0.4, 0.5) is 0 Å². The van der Waals surface area contributed by atoms with Crippen molar-refractivity contribution < 1.29 is 8.42 Å². The molecule has 19 heavy (non-hydrogen) atoms. The summed E-state index contributed by atoms with van der Waals surface area (Å²) >= 11 is 0. The minimum Gasteiger partial charge on any atom is -0.244 e. The molecule has 0 saturated heterocycles. The molecule has 0 aliphatic rings. The second-order valence-corrected chi connectivity index (χ2v) is 7.49. The molecule has 104 valence electrons.